The molecule has 0 unspecified atom stereocenters. The topological polar surface area (TPSA) is 67.6 Å². The van der Waals surface area contributed by atoms with E-state index in [1.807, 2.05) is 0 Å². The van der Waals surface area contributed by atoms with Crippen LogP contribution in [0.3, 0.4) is 0 Å². The van der Waals surface area contributed by atoms with Crippen molar-refractivity contribution >= 4 is 30.7 Å². The first-order valence-corrected chi connectivity index (χ1v) is 7.36. The number of carbonyl (C=O) groups is 1. The number of nitrogens with two attached hydrogens (primary N) is 1. The van der Waals surface area contributed by atoms with Gasteiger partial charge in [0.05, 0.1) is 5.41 Å². The van der Waals surface area contributed by atoms with Crippen molar-refractivity contribution in [2.75, 3.05) is 39.4 Å². The van der Waals surface area contributed by atoms with Gasteiger partial charge in [-0.1, -0.05) is 6.92 Å². The SMILES string of the molecule is CCN(CCNC(=O)C1(CN)CCOCC1)C(C)C.Cl.Cl. The molecule has 1 amide bonds. The van der Waals surface area contributed by atoms with Gasteiger partial charge in [-0.3, -0.25) is 9.69 Å². The summed E-state index contributed by atoms with van der Waals surface area (Å²) in [4.78, 5) is 14.7. The molecule has 21 heavy (non-hydrogen) atoms. The molecule has 128 valence electrons. The molecule has 0 aromatic rings. The van der Waals surface area contributed by atoms with Gasteiger partial charge >= 0.3 is 0 Å². The molecule has 3 N–H and O–H groups in total. The predicted octanol–water partition coefficient (Wildman–Crippen LogP) is 1.43. The largest absolute Gasteiger partial charge is 0.381 e. The maximum Gasteiger partial charge on any atom is 0.227 e. The van der Waals surface area contributed by atoms with Crippen LogP contribution in [0.5, 0.6) is 0 Å². The average Bonchev–Trinajstić information content (AvgIpc) is 2.43. The number of carbonyl (C=O) groups excluding carboxylic acids is 1. The summed E-state index contributed by atoms with van der Waals surface area (Å²) in [7, 11) is 0. The van der Waals surface area contributed by atoms with E-state index in [1.54, 1.807) is 0 Å². The van der Waals surface area contributed by atoms with Gasteiger partial charge in [-0.15, -0.1) is 24.8 Å². The third kappa shape index (κ3) is 6.70. The number of nitrogens with one attached hydrogen (secondary N) is 1. The Kier molecular flexibility index (Phi) is 12.7. The van der Waals surface area contributed by atoms with Crippen LogP contribution in [0.4, 0.5) is 0 Å². The van der Waals surface area contributed by atoms with Crippen LogP contribution in [-0.2, 0) is 9.53 Å². The number of halogens is 2. The van der Waals surface area contributed by atoms with E-state index in [-0.39, 0.29) is 30.7 Å². The Hall–Kier alpha value is -0.0700. The van der Waals surface area contributed by atoms with Crippen molar-refractivity contribution in [2.45, 2.75) is 39.7 Å². The van der Waals surface area contributed by atoms with Gasteiger partial charge in [-0.2, -0.15) is 0 Å². The molecule has 1 heterocycles. The molecule has 1 aliphatic rings. The summed E-state index contributed by atoms with van der Waals surface area (Å²) in [5.74, 6) is 0.0955. The molecule has 0 aliphatic carbocycles. The molecular formula is C14H31Cl2N3O2. The molecule has 0 bridgehead atoms. The van der Waals surface area contributed by atoms with Crippen LogP contribution in [0.1, 0.15) is 33.6 Å². The fraction of sp³-hybridized carbons (Fsp3) is 0.929. The van der Waals surface area contributed by atoms with Gasteiger partial charge in [0.2, 0.25) is 5.91 Å². The Labute approximate surface area is 141 Å². The van der Waals surface area contributed by atoms with E-state index in [4.69, 9.17) is 10.5 Å². The van der Waals surface area contributed by atoms with E-state index in [0.717, 1.165) is 25.9 Å². The normalized spacial score (nSPS) is 17.0. The van der Waals surface area contributed by atoms with Crippen molar-refractivity contribution in [3.8, 4) is 0 Å². The van der Waals surface area contributed by atoms with Crippen LogP contribution in [0.15, 0.2) is 0 Å². The molecule has 0 spiro atoms. The zero-order valence-corrected chi connectivity index (χ0v) is 15.0. The summed E-state index contributed by atoms with van der Waals surface area (Å²) in [6.07, 6.45) is 1.47. The number of likely N-dealkylation sites (N-methyl/N-ethyl adjacent to an activating group) is 1. The lowest BCUT2D eigenvalue weighted by atomic mass is 9.79. The Morgan fingerprint density at radius 3 is 2.33 bits per heavy atom. The van der Waals surface area contributed by atoms with Gasteiger partial charge < -0.3 is 15.8 Å². The van der Waals surface area contributed by atoms with Gasteiger partial charge in [-0.05, 0) is 33.2 Å². The summed E-state index contributed by atoms with van der Waals surface area (Å²) in [5.41, 5.74) is 5.41. The summed E-state index contributed by atoms with van der Waals surface area (Å²) in [5, 5.41) is 3.05. The quantitative estimate of drug-likeness (QED) is 0.733. The zero-order valence-electron chi connectivity index (χ0n) is 13.4. The predicted molar refractivity (Wildman–Crippen MR) is 91.4 cm³/mol. The third-order valence-electron chi connectivity index (χ3n) is 4.14. The first-order chi connectivity index (χ1) is 9.05. The van der Waals surface area contributed by atoms with Crippen LogP contribution < -0.4 is 11.1 Å². The minimum absolute atomic E-state index is 0. The maximum atomic E-state index is 12.3. The fourth-order valence-electron chi connectivity index (χ4n) is 2.57. The van der Waals surface area contributed by atoms with E-state index >= 15 is 0 Å². The van der Waals surface area contributed by atoms with Gasteiger partial charge in [-0.25, -0.2) is 0 Å². The van der Waals surface area contributed by atoms with Crippen molar-refractivity contribution in [2.24, 2.45) is 11.1 Å². The van der Waals surface area contributed by atoms with Gasteiger partial charge in [0.15, 0.2) is 0 Å². The lowest BCUT2D eigenvalue weighted by Gasteiger charge is -2.35. The number of nitrogens with zero attached hydrogens (tertiary/aromatic N) is 1. The molecule has 0 aromatic carbocycles. The smallest absolute Gasteiger partial charge is 0.227 e. The van der Waals surface area contributed by atoms with Crippen LogP contribution in [0.2, 0.25) is 0 Å². The second kappa shape index (κ2) is 11.5. The number of rotatable bonds is 7. The Morgan fingerprint density at radius 1 is 1.33 bits per heavy atom. The Balaban J connectivity index is 0. The van der Waals surface area contributed by atoms with Crippen molar-refractivity contribution in [3.63, 3.8) is 0 Å². The Bertz CT molecular complexity index is 285. The minimum atomic E-state index is -0.410. The standard InChI is InChI=1S/C14H29N3O2.2ClH/c1-4-17(12(2)3)8-7-16-13(18)14(11-15)5-9-19-10-6-14;;/h12H,4-11,15H2,1-3H3,(H,16,18);2*1H. The van der Waals surface area contributed by atoms with E-state index in [2.05, 4.69) is 31.0 Å². The monoisotopic (exact) mass is 343 g/mol. The second-order valence-corrected chi connectivity index (χ2v) is 5.58. The highest BCUT2D eigenvalue weighted by atomic mass is 35.5. The lowest BCUT2D eigenvalue weighted by Crippen LogP contribution is -2.50. The highest BCUT2D eigenvalue weighted by molar-refractivity contribution is 5.85. The average molecular weight is 344 g/mol. The molecule has 1 saturated heterocycles. The first kappa shape index (κ1) is 23.2. The molecule has 1 fully saturated rings. The van der Waals surface area contributed by atoms with E-state index in [9.17, 15) is 4.79 Å². The summed E-state index contributed by atoms with van der Waals surface area (Å²) < 4.78 is 5.32. The van der Waals surface area contributed by atoms with E-state index in [1.165, 1.54) is 0 Å². The molecule has 1 rings (SSSR count). The van der Waals surface area contributed by atoms with E-state index < -0.39 is 5.41 Å². The molecule has 1 aliphatic heterocycles. The zero-order chi connectivity index (χ0) is 14.3. The molecular weight excluding hydrogens is 313 g/mol. The molecule has 0 saturated carbocycles. The van der Waals surface area contributed by atoms with E-state index in [0.29, 0.717) is 32.3 Å². The highest BCUT2D eigenvalue weighted by Crippen LogP contribution is 2.29. The second-order valence-electron chi connectivity index (χ2n) is 5.58. The number of hydrogen-bond donors (Lipinski definition) is 2. The van der Waals surface area contributed by atoms with Crippen molar-refractivity contribution in [3.05, 3.63) is 0 Å². The summed E-state index contributed by atoms with van der Waals surface area (Å²) in [6.45, 7) is 10.7. The summed E-state index contributed by atoms with van der Waals surface area (Å²) >= 11 is 0. The van der Waals surface area contributed by atoms with Crippen molar-refractivity contribution in [1.29, 1.82) is 0 Å². The molecule has 7 heteroatoms. The van der Waals surface area contributed by atoms with Crippen LogP contribution in [0.25, 0.3) is 0 Å². The highest BCUT2D eigenvalue weighted by Gasteiger charge is 2.38. The van der Waals surface area contributed by atoms with Crippen LogP contribution in [-0.4, -0.2) is 56.2 Å². The molecule has 0 radical (unpaired) electrons. The number of hydrogen-bond acceptors (Lipinski definition) is 4. The third-order valence-corrected chi connectivity index (χ3v) is 4.14. The Morgan fingerprint density at radius 2 is 1.90 bits per heavy atom. The number of ether oxygens (including phenoxy) is 1. The number of amides is 1. The summed E-state index contributed by atoms with van der Waals surface area (Å²) in [6, 6.07) is 0.508. The molecule has 0 atom stereocenters. The lowest BCUT2D eigenvalue weighted by molar-refractivity contribution is -0.135. The van der Waals surface area contributed by atoms with Gasteiger partial charge in [0.25, 0.3) is 0 Å². The van der Waals surface area contributed by atoms with Crippen LogP contribution >= 0.6 is 24.8 Å². The first-order valence-electron chi connectivity index (χ1n) is 7.36. The van der Waals surface area contributed by atoms with Crippen LogP contribution in [0, 0.1) is 5.41 Å². The maximum absolute atomic E-state index is 12.3. The fourth-order valence-corrected chi connectivity index (χ4v) is 2.57. The van der Waals surface area contributed by atoms with Gasteiger partial charge in [0.1, 0.15) is 0 Å². The minimum Gasteiger partial charge on any atom is -0.381 e. The van der Waals surface area contributed by atoms with Gasteiger partial charge in [0, 0.05) is 38.9 Å². The molecule has 5 nitrogen and oxygen atoms in total. The molecule has 0 aromatic heterocycles. The van der Waals surface area contributed by atoms with Crippen molar-refractivity contribution < 1.29 is 9.53 Å². The van der Waals surface area contributed by atoms with Crippen molar-refractivity contribution in [1.82, 2.24) is 10.2 Å².